The number of likely N-dealkylation sites (tertiary alicyclic amines) is 1. The highest BCUT2D eigenvalue weighted by Gasteiger charge is 2.28. The Kier molecular flexibility index (Phi) is 7.84. The highest BCUT2D eigenvalue weighted by molar-refractivity contribution is 9.11. The van der Waals surface area contributed by atoms with Crippen LogP contribution in [0, 0.1) is 0 Å². The van der Waals surface area contributed by atoms with E-state index < -0.39 is 12.0 Å². The molecule has 3 aromatic rings. The molecule has 188 valence electrons. The van der Waals surface area contributed by atoms with Crippen LogP contribution in [0.3, 0.4) is 0 Å². The predicted octanol–water partition coefficient (Wildman–Crippen LogP) is 6.67. The average Bonchev–Trinajstić information content (AvgIpc) is 2.89. The van der Waals surface area contributed by atoms with Crippen molar-refractivity contribution in [3.63, 3.8) is 0 Å². The van der Waals surface area contributed by atoms with Crippen molar-refractivity contribution in [3.8, 4) is 28.4 Å². The first-order valence-electron chi connectivity index (χ1n) is 12.0. The van der Waals surface area contributed by atoms with Crippen molar-refractivity contribution in [1.29, 1.82) is 0 Å². The van der Waals surface area contributed by atoms with Gasteiger partial charge in [-0.15, -0.1) is 0 Å². The number of piperidine rings is 1. The fraction of sp³-hybridized carbons (Fsp3) is 0.321. The lowest BCUT2D eigenvalue weighted by atomic mass is 10.0. The van der Waals surface area contributed by atoms with E-state index in [0.29, 0.717) is 32.8 Å². The highest BCUT2D eigenvalue weighted by Crippen LogP contribution is 2.38. The molecule has 0 amide bonds. The lowest BCUT2D eigenvalue weighted by molar-refractivity contribution is -0.144. The van der Waals surface area contributed by atoms with Crippen LogP contribution in [0.25, 0.3) is 11.1 Å². The van der Waals surface area contributed by atoms with Crippen LogP contribution in [0.2, 0.25) is 0 Å². The van der Waals surface area contributed by atoms with Crippen molar-refractivity contribution in [2.75, 3.05) is 19.8 Å². The van der Waals surface area contributed by atoms with E-state index in [0.717, 1.165) is 67.8 Å². The molecule has 2 aliphatic rings. The zero-order valence-corrected chi connectivity index (χ0v) is 22.9. The van der Waals surface area contributed by atoms with Crippen molar-refractivity contribution < 1.29 is 24.1 Å². The Morgan fingerprint density at radius 2 is 1.86 bits per heavy atom. The van der Waals surface area contributed by atoms with E-state index in [1.165, 1.54) is 0 Å². The molecular formula is C28H27Br2NO5. The Morgan fingerprint density at radius 3 is 2.67 bits per heavy atom. The summed E-state index contributed by atoms with van der Waals surface area (Å²) < 4.78 is 19.4. The number of halogens is 2. The van der Waals surface area contributed by atoms with Crippen LogP contribution < -0.4 is 14.2 Å². The van der Waals surface area contributed by atoms with Gasteiger partial charge in [0.1, 0.15) is 31.6 Å². The zero-order chi connectivity index (χ0) is 25.1. The van der Waals surface area contributed by atoms with E-state index in [1.807, 2.05) is 48.5 Å². The first-order valence-corrected chi connectivity index (χ1v) is 13.6. The summed E-state index contributed by atoms with van der Waals surface area (Å²) in [4.78, 5) is 13.7. The average molecular weight is 617 g/mol. The van der Waals surface area contributed by atoms with Gasteiger partial charge in [0.2, 0.25) is 0 Å². The molecule has 0 aliphatic carbocycles. The molecule has 2 aliphatic heterocycles. The van der Waals surface area contributed by atoms with E-state index in [9.17, 15) is 9.90 Å². The summed E-state index contributed by atoms with van der Waals surface area (Å²) in [6, 6.07) is 17.7. The fourth-order valence-electron chi connectivity index (χ4n) is 4.73. The number of ether oxygens (including phenoxy) is 3. The number of hydrogen-bond donors (Lipinski definition) is 1. The number of rotatable bonds is 7. The lowest BCUT2D eigenvalue weighted by Crippen LogP contribution is -2.43. The van der Waals surface area contributed by atoms with E-state index in [1.54, 1.807) is 0 Å². The van der Waals surface area contributed by atoms with Crippen LogP contribution in [-0.4, -0.2) is 41.8 Å². The smallest absolute Gasteiger partial charge is 0.320 e. The third-order valence-electron chi connectivity index (χ3n) is 6.60. The summed E-state index contributed by atoms with van der Waals surface area (Å²) in [7, 11) is 0. The Balaban J connectivity index is 1.28. The summed E-state index contributed by atoms with van der Waals surface area (Å²) >= 11 is 7.41. The molecule has 0 bridgehead atoms. The van der Waals surface area contributed by atoms with E-state index in [4.69, 9.17) is 14.2 Å². The summed E-state index contributed by atoms with van der Waals surface area (Å²) in [5, 5.41) is 9.54. The normalized spacial score (nSPS) is 17.6. The number of carboxylic acids is 1. The fourth-order valence-corrected chi connectivity index (χ4v) is 5.88. The second-order valence-corrected chi connectivity index (χ2v) is 10.7. The van der Waals surface area contributed by atoms with Gasteiger partial charge in [-0.3, -0.25) is 9.69 Å². The number of fused-ring (bicyclic) bond motifs is 1. The second kappa shape index (κ2) is 11.2. The maximum atomic E-state index is 11.6. The van der Waals surface area contributed by atoms with E-state index in [-0.39, 0.29) is 0 Å². The van der Waals surface area contributed by atoms with E-state index in [2.05, 4.69) is 42.8 Å². The van der Waals surface area contributed by atoms with Gasteiger partial charge in [0.15, 0.2) is 11.5 Å². The summed E-state index contributed by atoms with van der Waals surface area (Å²) in [6.45, 7) is 2.93. The SMILES string of the molecule is O=C(O)[C@@H]1CCCCN1Cc1ccc(OCc2cccc(-c3ccc4c(c3)OCCO4)c2Br)c(Br)c1. The molecule has 0 aromatic heterocycles. The largest absolute Gasteiger partial charge is 0.488 e. The van der Waals surface area contributed by atoms with Gasteiger partial charge >= 0.3 is 5.97 Å². The maximum absolute atomic E-state index is 11.6. The monoisotopic (exact) mass is 615 g/mol. The van der Waals surface area contributed by atoms with Crippen molar-refractivity contribution in [1.82, 2.24) is 4.90 Å². The van der Waals surface area contributed by atoms with Crippen LogP contribution in [0.15, 0.2) is 63.5 Å². The quantitative estimate of drug-likeness (QED) is 0.320. The van der Waals surface area contributed by atoms with Crippen molar-refractivity contribution in [3.05, 3.63) is 74.7 Å². The number of nitrogens with zero attached hydrogens (tertiary/aromatic N) is 1. The Hall–Kier alpha value is -2.55. The molecule has 3 aromatic carbocycles. The molecular weight excluding hydrogens is 590 g/mol. The van der Waals surface area contributed by atoms with Crippen LogP contribution in [-0.2, 0) is 17.9 Å². The van der Waals surface area contributed by atoms with Crippen LogP contribution in [0.5, 0.6) is 17.2 Å². The molecule has 1 saturated heterocycles. The summed E-state index contributed by atoms with van der Waals surface area (Å²) in [5.41, 5.74) is 4.17. The molecule has 0 radical (unpaired) electrons. The van der Waals surface area contributed by atoms with E-state index >= 15 is 0 Å². The van der Waals surface area contributed by atoms with Crippen LogP contribution >= 0.6 is 31.9 Å². The van der Waals surface area contributed by atoms with Gasteiger partial charge in [-0.1, -0.05) is 36.8 Å². The van der Waals surface area contributed by atoms with Crippen molar-refractivity contribution in [2.24, 2.45) is 0 Å². The standard InChI is InChI=1S/C28H27Br2NO5/c29-22-14-18(16-31-11-2-1-6-23(31)28(32)33)7-9-24(22)36-17-20-4-3-5-21(27(20)30)19-8-10-25-26(15-19)35-13-12-34-25/h3-5,7-10,14-15,23H,1-2,6,11-13,16-17H2,(H,32,33)/t23-/m0/s1. The second-order valence-electron chi connectivity index (χ2n) is 9.01. The molecule has 1 fully saturated rings. The number of carbonyl (C=O) groups is 1. The Morgan fingerprint density at radius 1 is 1.03 bits per heavy atom. The third-order valence-corrected chi connectivity index (χ3v) is 8.15. The molecule has 5 rings (SSSR count). The minimum Gasteiger partial charge on any atom is -0.488 e. The first-order chi connectivity index (χ1) is 17.5. The van der Waals surface area contributed by atoms with Crippen LogP contribution in [0.4, 0.5) is 0 Å². The lowest BCUT2D eigenvalue weighted by Gasteiger charge is -2.32. The molecule has 1 N–H and O–H groups in total. The Bertz CT molecular complexity index is 1260. The topological polar surface area (TPSA) is 68.2 Å². The number of aliphatic carboxylic acids is 1. The molecule has 1 atom stereocenters. The highest BCUT2D eigenvalue weighted by atomic mass is 79.9. The molecule has 36 heavy (non-hydrogen) atoms. The zero-order valence-electron chi connectivity index (χ0n) is 19.7. The van der Waals surface area contributed by atoms with Gasteiger partial charge in [0, 0.05) is 16.6 Å². The molecule has 2 heterocycles. The third kappa shape index (κ3) is 5.56. The van der Waals surface area contributed by atoms with Gasteiger partial charge < -0.3 is 19.3 Å². The number of benzene rings is 3. The van der Waals surface area contributed by atoms with Gasteiger partial charge in [-0.25, -0.2) is 0 Å². The maximum Gasteiger partial charge on any atom is 0.320 e. The molecule has 0 saturated carbocycles. The van der Waals surface area contributed by atoms with Crippen molar-refractivity contribution >= 4 is 37.8 Å². The van der Waals surface area contributed by atoms with Gasteiger partial charge in [0.25, 0.3) is 0 Å². The van der Waals surface area contributed by atoms with Gasteiger partial charge in [0.05, 0.1) is 4.47 Å². The van der Waals surface area contributed by atoms with Crippen LogP contribution in [0.1, 0.15) is 30.4 Å². The predicted molar refractivity (Wildman–Crippen MR) is 145 cm³/mol. The van der Waals surface area contributed by atoms with Gasteiger partial charge in [-0.2, -0.15) is 0 Å². The Labute approximate surface area is 227 Å². The summed E-state index contributed by atoms with van der Waals surface area (Å²) in [6.07, 6.45) is 2.71. The van der Waals surface area contributed by atoms with Gasteiger partial charge in [-0.05, 0) is 92.2 Å². The minimum atomic E-state index is -0.738. The molecule has 0 spiro atoms. The molecule has 6 nitrogen and oxygen atoms in total. The molecule has 0 unspecified atom stereocenters. The number of hydrogen-bond acceptors (Lipinski definition) is 5. The summed E-state index contributed by atoms with van der Waals surface area (Å²) in [5.74, 6) is 1.53. The number of carboxylic acid groups (broad SMARTS) is 1. The minimum absolute atomic E-state index is 0.393. The molecule has 8 heteroatoms. The first kappa shape index (κ1) is 25.1. The van der Waals surface area contributed by atoms with Crippen molar-refractivity contribution in [2.45, 2.75) is 38.5 Å².